The van der Waals surface area contributed by atoms with E-state index in [1.807, 2.05) is 6.08 Å². The van der Waals surface area contributed by atoms with Crippen LogP contribution in [0, 0.1) is 0 Å². The quantitative estimate of drug-likeness (QED) is 0.0406. The van der Waals surface area contributed by atoms with Gasteiger partial charge in [-0.2, -0.15) is 0 Å². The van der Waals surface area contributed by atoms with Gasteiger partial charge in [0, 0.05) is 13.0 Å². The molecule has 0 spiro atoms. The topological polar surface area (TPSA) is 55.8 Å². The van der Waals surface area contributed by atoms with Gasteiger partial charge in [-0.1, -0.05) is 170 Å². The highest BCUT2D eigenvalue weighted by Crippen LogP contribution is 2.12. The molecule has 1 atom stereocenters. The fourth-order valence-corrected chi connectivity index (χ4v) is 5.23. The molecule has 1 unspecified atom stereocenters. The molecule has 4 heteroatoms. The minimum atomic E-state index is -0.579. The lowest BCUT2D eigenvalue weighted by Crippen LogP contribution is -2.27. The number of rotatable bonds is 36. The summed E-state index contributed by atoms with van der Waals surface area (Å²) in [6.07, 6.45) is 57.9. The van der Waals surface area contributed by atoms with E-state index in [1.54, 1.807) is 0 Å². The Kier molecular flexibility index (Phi) is 39.7. The maximum Gasteiger partial charge on any atom is 0.306 e. The van der Waals surface area contributed by atoms with Gasteiger partial charge in [-0.15, -0.1) is 0 Å². The van der Waals surface area contributed by atoms with Crippen molar-refractivity contribution < 1.29 is 19.4 Å². The summed E-state index contributed by atoms with van der Waals surface area (Å²) >= 11 is 0. The fraction of sp³-hybridized carbons (Fsp3) is 0.667. The molecule has 280 valence electrons. The summed E-state index contributed by atoms with van der Waals surface area (Å²) in [6, 6.07) is 0. The van der Waals surface area contributed by atoms with Crippen molar-refractivity contribution in [3.63, 3.8) is 0 Å². The van der Waals surface area contributed by atoms with Gasteiger partial charge in [0.2, 0.25) is 0 Å². The molecule has 0 aliphatic rings. The molecule has 0 heterocycles. The highest BCUT2D eigenvalue weighted by molar-refractivity contribution is 5.69. The monoisotopic (exact) mass is 681 g/mol. The molecule has 0 rings (SSSR count). The number of carbonyl (C=O) groups excluding carboxylic acids is 1. The van der Waals surface area contributed by atoms with Crippen molar-refractivity contribution in [2.75, 3.05) is 19.8 Å². The van der Waals surface area contributed by atoms with Crippen molar-refractivity contribution in [3.05, 3.63) is 85.1 Å². The zero-order chi connectivity index (χ0) is 35.6. The van der Waals surface area contributed by atoms with Crippen molar-refractivity contribution in [1.29, 1.82) is 0 Å². The molecule has 49 heavy (non-hydrogen) atoms. The Balaban J connectivity index is 3.53. The lowest BCUT2D eigenvalue weighted by molar-refractivity contribution is -0.154. The number of aliphatic hydroxyl groups is 1. The maximum absolute atomic E-state index is 12.1. The normalized spacial score (nSPS) is 13.3. The first-order valence-electron chi connectivity index (χ1n) is 20.2. The number of aliphatic hydroxyl groups excluding tert-OH is 1. The summed E-state index contributed by atoms with van der Waals surface area (Å²) in [7, 11) is 0. The molecule has 0 aromatic rings. The number of hydrogen-bond acceptors (Lipinski definition) is 4. The molecule has 0 saturated carbocycles. The van der Waals surface area contributed by atoms with Crippen LogP contribution in [0.2, 0.25) is 0 Å². The molecule has 0 amide bonds. The van der Waals surface area contributed by atoms with Crippen LogP contribution in [0.15, 0.2) is 85.1 Å². The van der Waals surface area contributed by atoms with E-state index in [1.165, 1.54) is 89.9 Å². The number of hydrogen-bond donors (Lipinski definition) is 1. The highest BCUT2D eigenvalue weighted by Gasteiger charge is 2.13. The Morgan fingerprint density at radius 2 is 0.918 bits per heavy atom. The van der Waals surface area contributed by atoms with Crippen molar-refractivity contribution in [2.45, 2.75) is 174 Å². The first kappa shape index (κ1) is 46.6. The average molecular weight is 681 g/mol. The molecule has 0 aromatic carbocycles. The predicted molar refractivity (Wildman–Crippen MR) is 214 cm³/mol. The van der Waals surface area contributed by atoms with Crippen molar-refractivity contribution in [2.24, 2.45) is 0 Å². The van der Waals surface area contributed by atoms with Crippen molar-refractivity contribution in [3.8, 4) is 0 Å². The Hall–Kier alpha value is -2.43. The Bertz CT molecular complexity index is 892. The Morgan fingerprint density at radius 1 is 0.510 bits per heavy atom. The van der Waals surface area contributed by atoms with Gasteiger partial charge in [-0.25, -0.2) is 0 Å². The summed E-state index contributed by atoms with van der Waals surface area (Å²) in [5.74, 6) is -0.285. The van der Waals surface area contributed by atoms with Crippen molar-refractivity contribution >= 4 is 5.97 Å². The second-order valence-corrected chi connectivity index (χ2v) is 13.0. The van der Waals surface area contributed by atoms with Crippen molar-refractivity contribution in [1.82, 2.24) is 0 Å². The van der Waals surface area contributed by atoms with Gasteiger partial charge in [0.05, 0.1) is 13.2 Å². The van der Waals surface area contributed by atoms with Crippen LogP contribution in [0.3, 0.4) is 0 Å². The van der Waals surface area contributed by atoms with Crippen LogP contribution in [0.1, 0.15) is 168 Å². The molecule has 0 aromatic heterocycles. The van der Waals surface area contributed by atoms with Crippen LogP contribution < -0.4 is 0 Å². The van der Waals surface area contributed by atoms with Crippen LogP contribution in [0.25, 0.3) is 0 Å². The van der Waals surface area contributed by atoms with Gasteiger partial charge in [-0.05, 0) is 77.0 Å². The number of carbonyl (C=O) groups is 1. The number of esters is 1. The third-order valence-electron chi connectivity index (χ3n) is 8.22. The largest absolute Gasteiger partial charge is 0.457 e. The van der Waals surface area contributed by atoms with Gasteiger partial charge < -0.3 is 14.6 Å². The van der Waals surface area contributed by atoms with Crippen LogP contribution in [0.5, 0.6) is 0 Å². The molecule has 0 aliphatic carbocycles. The summed E-state index contributed by atoms with van der Waals surface area (Å²) in [5.41, 5.74) is 0. The maximum atomic E-state index is 12.1. The number of allylic oxidation sites excluding steroid dienone is 14. The first-order chi connectivity index (χ1) is 24.2. The van der Waals surface area contributed by atoms with E-state index in [9.17, 15) is 9.90 Å². The zero-order valence-corrected chi connectivity index (χ0v) is 31.9. The lowest BCUT2D eigenvalue weighted by Gasteiger charge is -2.15. The third-order valence-corrected chi connectivity index (χ3v) is 8.22. The van der Waals surface area contributed by atoms with E-state index in [0.29, 0.717) is 19.4 Å². The molecule has 1 N–H and O–H groups in total. The smallest absolute Gasteiger partial charge is 0.306 e. The van der Waals surface area contributed by atoms with E-state index in [0.717, 1.165) is 51.4 Å². The summed E-state index contributed by atoms with van der Waals surface area (Å²) < 4.78 is 11.1. The number of unbranched alkanes of at least 4 members (excludes halogenated alkanes) is 14. The van der Waals surface area contributed by atoms with Gasteiger partial charge in [0.15, 0.2) is 0 Å². The minimum absolute atomic E-state index is 0.208. The number of ether oxygens (including phenoxy) is 2. The van der Waals surface area contributed by atoms with Gasteiger partial charge >= 0.3 is 5.97 Å². The Labute approximate surface area is 303 Å². The van der Waals surface area contributed by atoms with Gasteiger partial charge in [-0.3, -0.25) is 4.79 Å². The SMILES string of the molecule is CC/C=C\C/C=C\C/C=C\C/C=C\CCC(=O)OC(CO)COCCCCCCCCCCC/C=C\C/C=C\C/C=C\CCCCCCC. The molecular formula is C45H76O4. The van der Waals surface area contributed by atoms with Crippen LogP contribution in [0.4, 0.5) is 0 Å². The lowest BCUT2D eigenvalue weighted by atomic mass is 10.1. The van der Waals surface area contributed by atoms with E-state index >= 15 is 0 Å². The van der Waals surface area contributed by atoms with Gasteiger partial charge in [0.25, 0.3) is 0 Å². The molecule has 0 bridgehead atoms. The summed E-state index contributed by atoms with van der Waals surface area (Å²) in [5, 5.41) is 9.56. The molecule has 0 saturated heterocycles. The molecule has 0 aliphatic heterocycles. The van der Waals surface area contributed by atoms with Crippen LogP contribution in [-0.2, 0) is 14.3 Å². The van der Waals surface area contributed by atoms with E-state index in [2.05, 4.69) is 92.8 Å². The highest BCUT2D eigenvalue weighted by atomic mass is 16.6. The zero-order valence-electron chi connectivity index (χ0n) is 31.9. The molecule has 4 nitrogen and oxygen atoms in total. The first-order valence-corrected chi connectivity index (χ1v) is 20.2. The van der Waals surface area contributed by atoms with Crippen LogP contribution in [-0.4, -0.2) is 37.0 Å². The summed E-state index contributed by atoms with van der Waals surface area (Å²) in [6.45, 7) is 5.11. The van der Waals surface area contributed by atoms with E-state index in [-0.39, 0.29) is 19.2 Å². The van der Waals surface area contributed by atoms with E-state index in [4.69, 9.17) is 9.47 Å². The minimum Gasteiger partial charge on any atom is -0.457 e. The van der Waals surface area contributed by atoms with Crippen LogP contribution >= 0.6 is 0 Å². The Morgan fingerprint density at radius 3 is 1.39 bits per heavy atom. The summed E-state index contributed by atoms with van der Waals surface area (Å²) in [4.78, 5) is 12.1. The molecule has 0 fully saturated rings. The average Bonchev–Trinajstić information content (AvgIpc) is 3.11. The predicted octanol–water partition coefficient (Wildman–Crippen LogP) is 13.2. The van der Waals surface area contributed by atoms with Gasteiger partial charge in [0.1, 0.15) is 6.10 Å². The molecular weight excluding hydrogens is 604 g/mol. The second kappa shape index (κ2) is 41.7. The molecule has 0 radical (unpaired) electrons. The standard InChI is InChI=1S/C45H76O4/c1-3-5-7-9-11-13-15-17-18-19-20-21-22-23-24-25-26-27-29-31-33-35-37-39-41-48-43-44(42-46)49-45(47)40-38-36-34-32-30-28-16-14-12-10-8-6-4-2/h6,8,12,14-15,17,19-20,22-23,28,30,34,36,44,46H,3-5,7,9-11,13,16,18,21,24-27,29,31-33,35,37-43H2,1-2H3/b8-6-,14-12-,17-15-,20-19-,23-22-,30-28-,36-34-. The third kappa shape index (κ3) is 39.9. The second-order valence-electron chi connectivity index (χ2n) is 13.0. The van der Waals surface area contributed by atoms with E-state index < -0.39 is 6.10 Å². The fourth-order valence-electron chi connectivity index (χ4n) is 5.23.